The minimum atomic E-state index is -1.19. The van der Waals surface area contributed by atoms with E-state index >= 15 is 0 Å². The van der Waals surface area contributed by atoms with Gasteiger partial charge in [0.2, 0.25) is 0 Å². The Bertz CT molecular complexity index is 1060. The van der Waals surface area contributed by atoms with Crippen molar-refractivity contribution in [3.05, 3.63) is 75.9 Å². The number of urea groups is 1. The molecule has 1 aliphatic heterocycles. The van der Waals surface area contributed by atoms with Gasteiger partial charge in [-0.05, 0) is 48.9 Å². The molecule has 3 aromatic rings. The molecule has 1 saturated heterocycles. The van der Waals surface area contributed by atoms with Gasteiger partial charge in [-0.25, -0.2) is 4.79 Å². The predicted molar refractivity (Wildman–Crippen MR) is 105 cm³/mol. The van der Waals surface area contributed by atoms with Gasteiger partial charge in [0.05, 0.1) is 12.7 Å². The van der Waals surface area contributed by atoms with Crippen molar-refractivity contribution in [3.8, 4) is 11.3 Å². The van der Waals surface area contributed by atoms with E-state index in [1.165, 1.54) is 6.20 Å². The van der Waals surface area contributed by atoms with Crippen molar-refractivity contribution in [3.63, 3.8) is 0 Å². The number of nitrogens with one attached hydrogen (secondary N) is 1. The third kappa shape index (κ3) is 3.15. The monoisotopic (exact) mass is 415 g/mol. The van der Waals surface area contributed by atoms with Crippen LogP contribution in [0.3, 0.4) is 0 Å². The summed E-state index contributed by atoms with van der Waals surface area (Å²) in [5.74, 6) is 0.108. The van der Waals surface area contributed by atoms with Gasteiger partial charge in [0, 0.05) is 21.2 Å². The Morgan fingerprint density at radius 3 is 2.57 bits per heavy atom. The summed E-state index contributed by atoms with van der Waals surface area (Å²) in [4.78, 5) is 26.8. The molecule has 0 aliphatic carbocycles. The van der Waals surface area contributed by atoms with E-state index in [0.717, 1.165) is 10.5 Å². The van der Waals surface area contributed by atoms with E-state index in [0.29, 0.717) is 26.9 Å². The van der Waals surface area contributed by atoms with E-state index in [4.69, 9.17) is 27.7 Å². The first kappa shape index (κ1) is 18.5. The number of halogens is 2. The summed E-state index contributed by atoms with van der Waals surface area (Å²) in [5, 5.41) is 7.67. The second kappa shape index (κ2) is 6.96. The molecule has 4 rings (SSSR count). The SMILES string of the molecule is C[C@@]1(c2cccc(Cl)c2)NC(=O)N(Cc2cnoc2-c2ccc(Cl)cc2)C1=O. The number of hydrogen-bond acceptors (Lipinski definition) is 4. The third-order valence-corrected chi connectivity index (χ3v) is 5.24. The van der Waals surface area contributed by atoms with Gasteiger partial charge >= 0.3 is 6.03 Å². The highest BCUT2D eigenvalue weighted by Crippen LogP contribution is 2.33. The summed E-state index contributed by atoms with van der Waals surface area (Å²) >= 11 is 12.0. The Hall–Kier alpha value is -2.83. The number of imide groups is 1. The summed E-state index contributed by atoms with van der Waals surface area (Å²) in [6.45, 7) is 1.69. The lowest BCUT2D eigenvalue weighted by atomic mass is 9.92. The summed E-state index contributed by atoms with van der Waals surface area (Å²) in [6.07, 6.45) is 1.50. The summed E-state index contributed by atoms with van der Waals surface area (Å²) < 4.78 is 5.34. The molecular weight excluding hydrogens is 401 g/mol. The van der Waals surface area contributed by atoms with Crippen LogP contribution in [0.15, 0.2) is 59.3 Å². The number of rotatable bonds is 4. The number of amides is 3. The molecule has 0 spiro atoms. The van der Waals surface area contributed by atoms with Gasteiger partial charge in [-0.1, -0.05) is 40.5 Å². The van der Waals surface area contributed by atoms with E-state index in [1.807, 2.05) is 0 Å². The fourth-order valence-electron chi connectivity index (χ4n) is 3.22. The fraction of sp³-hybridized carbons (Fsp3) is 0.150. The van der Waals surface area contributed by atoms with E-state index in [-0.39, 0.29) is 12.5 Å². The Morgan fingerprint density at radius 1 is 1.11 bits per heavy atom. The maximum absolute atomic E-state index is 13.1. The van der Waals surface area contributed by atoms with Crippen molar-refractivity contribution in [2.45, 2.75) is 19.0 Å². The van der Waals surface area contributed by atoms with Crippen molar-refractivity contribution < 1.29 is 14.1 Å². The molecule has 6 nitrogen and oxygen atoms in total. The molecule has 2 aromatic carbocycles. The number of nitrogens with zero attached hydrogens (tertiary/aromatic N) is 2. The Balaban J connectivity index is 1.63. The van der Waals surface area contributed by atoms with Crippen LogP contribution in [0.25, 0.3) is 11.3 Å². The molecule has 2 heterocycles. The molecule has 1 atom stereocenters. The molecule has 0 bridgehead atoms. The van der Waals surface area contributed by atoms with Gasteiger partial charge in [-0.2, -0.15) is 0 Å². The molecule has 1 aliphatic rings. The van der Waals surface area contributed by atoms with Gasteiger partial charge in [-0.3, -0.25) is 9.69 Å². The minimum absolute atomic E-state index is 0.0300. The maximum Gasteiger partial charge on any atom is 0.325 e. The highest BCUT2D eigenvalue weighted by atomic mass is 35.5. The van der Waals surface area contributed by atoms with E-state index < -0.39 is 11.6 Å². The van der Waals surface area contributed by atoms with Crippen molar-refractivity contribution >= 4 is 35.1 Å². The van der Waals surface area contributed by atoms with Crippen LogP contribution in [0, 0.1) is 0 Å². The summed E-state index contributed by atoms with van der Waals surface area (Å²) in [5.41, 5.74) is 0.784. The van der Waals surface area contributed by atoms with Crippen LogP contribution >= 0.6 is 23.2 Å². The van der Waals surface area contributed by atoms with E-state index in [1.54, 1.807) is 55.5 Å². The molecule has 1 N–H and O–H groups in total. The fourth-order valence-corrected chi connectivity index (χ4v) is 3.53. The lowest BCUT2D eigenvalue weighted by Gasteiger charge is -2.22. The molecule has 8 heteroatoms. The van der Waals surface area contributed by atoms with Gasteiger partial charge in [-0.15, -0.1) is 0 Å². The molecule has 0 unspecified atom stereocenters. The molecule has 3 amide bonds. The summed E-state index contributed by atoms with van der Waals surface area (Å²) in [7, 11) is 0. The Kier molecular flexibility index (Phi) is 4.61. The molecule has 0 radical (unpaired) electrons. The third-order valence-electron chi connectivity index (χ3n) is 4.76. The van der Waals surface area contributed by atoms with Crippen molar-refractivity contribution in [1.82, 2.24) is 15.4 Å². The zero-order chi connectivity index (χ0) is 19.9. The van der Waals surface area contributed by atoms with Crippen LogP contribution in [0.2, 0.25) is 10.0 Å². The normalized spacial score (nSPS) is 19.2. The van der Waals surface area contributed by atoms with Crippen molar-refractivity contribution in [2.24, 2.45) is 0 Å². The molecule has 142 valence electrons. The number of hydrogen-bond donors (Lipinski definition) is 1. The number of carbonyl (C=O) groups excluding carboxylic acids is 2. The van der Waals surface area contributed by atoms with E-state index in [9.17, 15) is 9.59 Å². The lowest BCUT2D eigenvalue weighted by molar-refractivity contribution is -0.131. The second-order valence-corrected chi connectivity index (χ2v) is 7.52. The zero-order valence-electron chi connectivity index (χ0n) is 14.8. The van der Waals surface area contributed by atoms with Crippen LogP contribution in [0.4, 0.5) is 4.79 Å². The first-order chi connectivity index (χ1) is 13.4. The number of carbonyl (C=O) groups is 2. The highest BCUT2D eigenvalue weighted by Gasteiger charge is 2.49. The topological polar surface area (TPSA) is 75.4 Å². The lowest BCUT2D eigenvalue weighted by Crippen LogP contribution is -2.40. The Labute approximate surface area is 171 Å². The van der Waals surface area contributed by atoms with Crippen LogP contribution in [-0.4, -0.2) is 22.0 Å². The van der Waals surface area contributed by atoms with Gasteiger partial charge in [0.1, 0.15) is 5.54 Å². The van der Waals surface area contributed by atoms with Crippen molar-refractivity contribution in [1.29, 1.82) is 0 Å². The van der Waals surface area contributed by atoms with Crippen LogP contribution in [-0.2, 0) is 16.9 Å². The number of benzene rings is 2. The molecule has 0 saturated carbocycles. The smallest absolute Gasteiger partial charge is 0.325 e. The van der Waals surface area contributed by atoms with E-state index in [2.05, 4.69) is 10.5 Å². The van der Waals surface area contributed by atoms with Crippen LogP contribution in [0.1, 0.15) is 18.1 Å². The molecular formula is C20H15Cl2N3O3. The first-order valence-corrected chi connectivity index (χ1v) is 9.24. The van der Waals surface area contributed by atoms with Crippen molar-refractivity contribution in [2.75, 3.05) is 0 Å². The second-order valence-electron chi connectivity index (χ2n) is 6.64. The highest BCUT2D eigenvalue weighted by molar-refractivity contribution is 6.31. The first-order valence-electron chi connectivity index (χ1n) is 8.48. The zero-order valence-corrected chi connectivity index (χ0v) is 16.3. The average Bonchev–Trinajstić information content (AvgIpc) is 3.22. The van der Waals surface area contributed by atoms with Crippen LogP contribution in [0.5, 0.6) is 0 Å². The molecule has 1 aromatic heterocycles. The van der Waals surface area contributed by atoms with Crippen LogP contribution < -0.4 is 5.32 Å². The maximum atomic E-state index is 13.1. The Morgan fingerprint density at radius 2 is 1.86 bits per heavy atom. The number of aromatic nitrogens is 1. The molecule has 28 heavy (non-hydrogen) atoms. The minimum Gasteiger partial charge on any atom is -0.356 e. The molecule has 1 fully saturated rings. The quantitative estimate of drug-likeness (QED) is 0.630. The van der Waals surface area contributed by atoms with Gasteiger partial charge in [0.15, 0.2) is 5.76 Å². The predicted octanol–water partition coefficient (Wildman–Crippen LogP) is 4.62. The summed E-state index contributed by atoms with van der Waals surface area (Å²) in [6, 6.07) is 13.4. The van der Waals surface area contributed by atoms with Gasteiger partial charge < -0.3 is 9.84 Å². The van der Waals surface area contributed by atoms with Gasteiger partial charge in [0.25, 0.3) is 5.91 Å². The standard InChI is InChI=1S/C20H15Cl2N3O3/c1-20(14-3-2-4-16(22)9-14)18(26)25(19(27)24-20)11-13-10-23-28-17(13)12-5-7-15(21)8-6-12/h2-10H,11H2,1H3,(H,24,27)/t20-/m0/s1. The average molecular weight is 416 g/mol. The largest absolute Gasteiger partial charge is 0.356 e.